The van der Waals surface area contributed by atoms with Gasteiger partial charge in [-0.05, 0) is 29.8 Å². The third kappa shape index (κ3) is 3.28. The predicted octanol–water partition coefficient (Wildman–Crippen LogP) is 3.25. The average molecular weight is 348 g/mol. The molecule has 0 aliphatic heterocycles. The summed E-state index contributed by atoms with van der Waals surface area (Å²) in [5.74, 6) is -0.165. The first-order valence-electron chi connectivity index (χ1n) is 6.88. The molecule has 3 rings (SSSR count). The number of sulfonamides is 1. The Morgan fingerprint density at radius 3 is 2.48 bits per heavy atom. The fraction of sp³-hybridized carbons (Fsp3) is 0.125. The van der Waals surface area contributed by atoms with Crippen molar-refractivity contribution >= 4 is 38.3 Å². The van der Waals surface area contributed by atoms with Gasteiger partial charge in [0.25, 0.3) is 0 Å². The van der Waals surface area contributed by atoms with E-state index < -0.39 is 10.0 Å². The van der Waals surface area contributed by atoms with E-state index in [2.05, 4.69) is 9.97 Å². The van der Waals surface area contributed by atoms with Crippen LogP contribution in [0.25, 0.3) is 11.0 Å². The van der Waals surface area contributed by atoms with Gasteiger partial charge in [-0.3, -0.25) is 14.3 Å². The van der Waals surface area contributed by atoms with Crippen molar-refractivity contribution in [2.24, 2.45) is 0 Å². The molecular formula is C16H14ClN3O2S. The summed E-state index contributed by atoms with van der Waals surface area (Å²) in [7, 11) is -2.04. The largest absolute Gasteiger partial charge is 0.273 e. The Balaban J connectivity index is 1.93. The maximum atomic E-state index is 12.6. The van der Waals surface area contributed by atoms with E-state index >= 15 is 0 Å². The predicted molar refractivity (Wildman–Crippen MR) is 92.0 cm³/mol. The van der Waals surface area contributed by atoms with Crippen molar-refractivity contribution in [1.29, 1.82) is 0 Å². The molecule has 0 bridgehead atoms. The van der Waals surface area contributed by atoms with Crippen molar-refractivity contribution in [1.82, 2.24) is 9.97 Å². The van der Waals surface area contributed by atoms with E-state index in [0.29, 0.717) is 27.3 Å². The molecule has 1 aromatic heterocycles. The number of anilines is 1. The van der Waals surface area contributed by atoms with E-state index in [4.69, 9.17) is 11.6 Å². The van der Waals surface area contributed by atoms with E-state index in [-0.39, 0.29) is 5.75 Å². The average Bonchev–Trinajstić information content (AvgIpc) is 2.55. The number of hydrogen-bond acceptors (Lipinski definition) is 4. The lowest BCUT2D eigenvalue weighted by Gasteiger charge is -2.20. The van der Waals surface area contributed by atoms with Crippen LogP contribution in [0.4, 0.5) is 5.69 Å². The molecule has 23 heavy (non-hydrogen) atoms. The summed E-state index contributed by atoms with van der Waals surface area (Å²) in [5.41, 5.74) is 2.46. The Morgan fingerprint density at radius 1 is 1.04 bits per heavy atom. The highest BCUT2D eigenvalue weighted by molar-refractivity contribution is 7.92. The molecule has 0 aliphatic carbocycles. The summed E-state index contributed by atoms with van der Waals surface area (Å²) in [4.78, 5) is 8.37. The summed E-state index contributed by atoms with van der Waals surface area (Å²) < 4.78 is 26.5. The second-order valence-electron chi connectivity index (χ2n) is 5.04. The number of halogens is 1. The Labute approximate surface area is 139 Å². The Morgan fingerprint density at radius 2 is 1.74 bits per heavy atom. The lowest BCUT2D eigenvalue weighted by molar-refractivity contribution is 0.593. The molecule has 0 amide bonds. The van der Waals surface area contributed by atoms with E-state index in [9.17, 15) is 8.42 Å². The van der Waals surface area contributed by atoms with Crippen LogP contribution in [0.2, 0.25) is 5.02 Å². The van der Waals surface area contributed by atoms with Crippen molar-refractivity contribution in [3.8, 4) is 0 Å². The van der Waals surface area contributed by atoms with Crippen LogP contribution in [0, 0.1) is 0 Å². The zero-order valence-electron chi connectivity index (χ0n) is 12.3. The molecule has 0 unspecified atom stereocenters. The molecule has 0 radical (unpaired) electrons. The number of nitrogens with zero attached hydrogens (tertiary/aromatic N) is 3. The van der Waals surface area contributed by atoms with Crippen LogP contribution in [0.5, 0.6) is 0 Å². The van der Waals surface area contributed by atoms with Crippen molar-refractivity contribution in [2.45, 2.75) is 5.75 Å². The number of benzene rings is 2. The molecule has 118 valence electrons. The van der Waals surface area contributed by atoms with Gasteiger partial charge < -0.3 is 0 Å². The minimum atomic E-state index is -3.56. The second kappa shape index (κ2) is 6.14. The van der Waals surface area contributed by atoms with Crippen molar-refractivity contribution in [3.05, 3.63) is 65.4 Å². The molecule has 2 aromatic carbocycles. The zero-order chi connectivity index (χ0) is 16.4. The van der Waals surface area contributed by atoms with Crippen LogP contribution >= 0.6 is 11.6 Å². The molecule has 5 nitrogen and oxygen atoms in total. The van der Waals surface area contributed by atoms with Crippen molar-refractivity contribution in [2.75, 3.05) is 11.4 Å². The van der Waals surface area contributed by atoms with Gasteiger partial charge >= 0.3 is 0 Å². The summed E-state index contributed by atoms with van der Waals surface area (Å²) in [6.07, 6.45) is 3.17. The molecule has 0 N–H and O–H groups in total. The lowest BCUT2D eigenvalue weighted by atomic mass is 10.2. The fourth-order valence-electron chi connectivity index (χ4n) is 2.22. The van der Waals surface area contributed by atoms with Gasteiger partial charge in [0.1, 0.15) is 0 Å². The van der Waals surface area contributed by atoms with Crippen molar-refractivity contribution in [3.63, 3.8) is 0 Å². The van der Waals surface area contributed by atoms with E-state index in [1.165, 1.54) is 11.4 Å². The number of rotatable bonds is 4. The summed E-state index contributed by atoms with van der Waals surface area (Å²) in [5, 5.41) is 0.439. The highest BCUT2D eigenvalue weighted by Gasteiger charge is 2.20. The van der Waals surface area contributed by atoms with Gasteiger partial charge in [0, 0.05) is 24.5 Å². The second-order valence-corrected chi connectivity index (χ2v) is 7.45. The number of aromatic nitrogens is 2. The topological polar surface area (TPSA) is 63.2 Å². The first-order chi connectivity index (χ1) is 11.0. The van der Waals surface area contributed by atoms with Gasteiger partial charge in [0.15, 0.2) is 0 Å². The van der Waals surface area contributed by atoms with Crippen LogP contribution in [0.15, 0.2) is 54.9 Å². The lowest BCUT2D eigenvalue weighted by Crippen LogP contribution is -2.28. The maximum absolute atomic E-state index is 12.6. The molecule has 0 fully saturated rings. The van der Waals surface area contributed by atoms with Gasteiger partial charge in [-0.2, -0.15) is 0 Å². The highest BCUT2D eigenvalue weighted by atomic mass is 35.5. The first kappa shape index (κ1) is 15.7. The summed E-state index contributed by atoms with van der Waals surface area (Å²) in [6, 6.07) is 12.1. The molecule has 0 saturated heterocycles. The fourth-order valence-corrected chi connectivity index (χ4v) is 3.77. The molecule has 0 aliphatic rings. The number of fused-ring (bicyclic) bond motifs is 1. The van der Waals surface area contributed by atoms with E-state index in [1.54, 1.807) is 54.9 Å². The Bertz CT molecular complexity index is 960. The van der Waals surface area contributed by atoms with Gasteiger partial charge in [-0.1, -0.05) is 29.8 Å². The minimum absolute atomic E-state index is 0.165. The maximum Gasteiger partial charge on any atom is 0.239 e. The molecule has 0 atom stereocenters. The van der Waals surface area contributed by atoms with E-state index in [1.807, 2.05) is 0 Å². The van der Waals surface area contributed by atoms with Crippen LogP contribution < -0.4 is 4.31 Å². The molecule has 0 saturated carbocycles. The van der Waals surface area contributed by atoms with Gasteiger partial charge in [-0.15, -0.1) is 0 Å². The first-order valence-corrected chi connectivity index (χ1v) is 8.87. The third-order valence-electron chi connectivity index (χ3n) is 3.53. The van der Waals surface area contributed by atoms with Gasteiger partial charge in [0.2, 0.25) is 10.0 Å². The van der Waals surface area contributed by atoms with Crippen molar-refractivity contribution < 1.29 is 8.42 Å². The third-order valence-corrected chi connectivity index (χ3v) is 5.62. The SMILES string of the molecule is CN(c1ccc2nccnc2c1)S(=O)(=O)Cc1ccccc1Cl. The standard InChI is InChI=1S/C16H14ClN3O2S/c1-20(13-6-7-15-16(10-13)19-9-8-18-15)23(21,22)11-12-4-2-3-5-14(12)17/h2-10H,11H2,1H3. The highest BCUT2D eigenvalue weighted by Crippen LogP contribution is 2.24. The summed E-state index contributed by atoms with van der Waals surface area (Å²) in [6.45, 7) is 0. The Kier molecular flexibility index (Phi) is 4.19. The van der Waals surface area contributed by atoms with Crippen LogP contribution in [-0.4, -0.2) is 25.4 Å². The smallest absolute Gasteiger partial charge is 0.239 e. The molecule has 7 heteroatoms. The zero-order valence-corrected chi connectivity index (χ0v) is 13.9. The number of hydrogen-bond donors (Lipinski definition) is 0. The van der Waals surface area contributed by atoms with Crippen LogP contribution in [-0.2, 0) is 15.8 Å². The quantitative estimate of drug-likeness (QED) is 0.726. The molecule has 1 heterocycles. The summed E-state index contributed by atoms with van der Waals surface area (Å²) >= 11 is 6.06. The monoisotopic (exact) mass is 347 g/mol. The van der Waals surface area contributed by atoms with Gasteiger partial charge in [-0.25, -0.2) is 8.42 Å². The minimum Gasteiger partial charge on any atom is -0.273 e. The molecule has 0 spiro atoms. The Hall–Kier alpha value is -2.18. The molecule has 3 aromatic rings. The van der Waals surface area contributed by atoms with Crippen LogP contribution in [0.1, 0.15) is 5.56 Å². The van der Waals surface area contributed by atoms with Crippen LogP contribution in [0.3, 0.4) is 0 Å². The molecular weight excluding hydrogens is 334 g/mol. The normalized spacial score (nSPS) is 11.6. The van der Waals surface area contributed by atoms with E-state index in [0.717, 1.165) is 0 Å². The van der Waals surface area contributed by atoms with Gasteiger partial charge in [0.05, 0.1) is 22.5 Å².